The summed E-state index contributed by atoms with van der Waals surface area (Å²) < 4.78 is 0.729. The molecule has 4 nitrogen and oxygen atoms in total. The smallest absolute Gasteiger partial charge is 0.319 e. The maximum atomic E-state index is 11.1. The lowest BCUT2D eigenvalue weighted by Gasteiger charge is -2.25. The molecule has 12 heavy (non-hydrogen) atoms. The third-order valence-corrected chi connectivity index (χ3v) is 1.76. The van der Waals surface area contributed by atoms with E-state index in [0.717, 1.165) is 4.48 Å². The van der Waals surface area contributed by atoms with Gasteiger partial charge in [-0.25, -0.2) is 4.79 Å². The molecule has 0 atom stereocenters. The fourth-order valence-corrected chi connectivity index (χ4v) is 1.26. The predicted molar refractivity (Wildman–Crippen MR) is 47.8 cm³/mol. The Balaban J connectivity index is 2.51. The molecule has 0 saturated carbocycles. The topological polar surface area (TPSA) is 49.4 Å². The van der Waals surface area contributed by atoms with Gasteiger partial charge in [-0.05, 0) is 0 Å². The van der Waals surface area contributed by atoms with Crippen LogP contribution >= 0.6 is 15.9 Å². The molecule has 3 amide bonds. The summed E-state index contributed by atoms with van der Waals surface area (Å²) >= 11 is 3.15. The summed E-state index contributed by atoms with van der Waals surface area (Å²) in [6, 6.07) is -0.341. The van der Waals surface area contributed by atoms with Crippen molar-refractivity contribution >= 4 is 27.9 Å². The van der Waals surface area contributed by atoms with Gasteiger partial charge < -0.3 is 4.90 Å². The van der Waals surface area contributed by atoms with Crippen LogP contribution in [-0.4, -0.2) is 29.9 Å². The van der Waals surface area contributed by atoms with E-state index in [1.54, 1.807) is 0 Å². The zero-order chi connectivity index (χ0) is 9.14. The second kappa shape index (κ2) is 3.71. The Morgan fingerprint density at radius 1 is 1.67 bits per heavy atom. The highest BCUT2D eigenvalue weighted by atomic mass is 79.9. The van der Waals surface area contributed by atoms with E-state index in [-0.39, 0.29) is 11.9 Å². The van der Waals surface area contributed by atoms with Crippen LogP contribution in [0, 0.1) is 0 Å². The monoisotopic (exact) mass is 232 g/mol. The fraction of sp³-hybridized carbons (Fsp3) is 0.429. The van der Waals surface area contributed by atoms with E-state index in [1.807, 2.05) is 0 Å². The number of imide groups is 1. The van der Waals surface area contributed by atoms with Gasteiger partial charge in [-0.2, -0.15) is 0 Å². The minimum absolute atomic E-state index is 0.212. The number of carbonyl (C=O) groups is 2. The number of carbonyl (C=O) groups excluding carboxylic acids is 2. The lowest BCUT2D eigenvalue weighted by Crippen LogP contribution is -2.49. The Labute approximate surface area is 78.7 Å². The Morgan fingerprint density at radius 3 is 2.83 bits per heavy atom. The maximum absolute atomic E-state index is 11.1. The van der Waals surface area contributed by atoms with Gasteiger partial charge in [0, 0.05) is 17.4 Å². The number of nitrogens with one attached hydrogen (secondary N) is 1. The summed E-state index contributed by atoms with van der Waals surface area (Å²) in [6.07, 6.45) is 0.367. The molecule has 1 saturated heterocycles. The zero-order valence-electron chi connectivity index (χ0n) is 6.47. The molecule has 1 fully saturated rings. The number of amides is 3. The number of halogens is 1. The molecule has 0 radical (unpaired) electrons. The summed E-state index contributed by atoms with van der Waals surface area (Å²) in [7, 11) is 0. The molecule has 0 aromatic heterocycles. The molecule has 0 aromatic rings. The number of hydrogen-bond donors (Lipinski definition) is 1. The van der Waals surface area contributed by atoms with Crippen LogP contribution in [0.3, 0.4) is 0 Å². The Hall–Kier alpha value is -0.840. The van der Waals surface area contributed by atoms with E-state index in [0.29, 0.717) is 19.5 Å². The van der Waals surface area contributed by atoms with E-state index in [4.69, 9.17) is 0 Å². The lowest BCUT2D eigenvalue weighted by molar-refractivity contribution is -0.121. The quantitative estimate of drug-likeness (QED) is 0.768. The first-order valence-electron chi connectivity index (χ1n) is 3.51. The third-order valence-electron chi connectivity index (χ3n) is 1.50. The fourth-order valence-electron chi connectivity index (χ4n) is 0.957. The molecule has 0 aromatic carbocycles. The van der Waals surface area contributed by atoms with Gasteiger partial charge in [0.1, 0.15) is 0 Å². The van der Waals surface area contributed by atoms with Crippen LogP contribution in [0.4, 0.5) is 4.79 Å². The standard InChI is InChI=1S/C7H9BrN2O2/c1-5(8)4-10-3-2-6(11)9-7(10)12/h1-4H2,(H,9,11,12). The van der Waals surface area contributed by atoms with Crippen LogP contribution < -0.4 is 5.32 Å². The lowest BCUT2D eigenvalue weighted by atomic mass is 10.3. The van der Waals surface area contributed by atoms with Crippen molar-refractivity contribution in [2.24, 2.45) is 0 Å². The minimum Gasteiger partial charge on any atom is -0.319 e. The van der Waals surface area contributed by atoms with E-state index in [9.17, 15) is 9.59 Å². The van der Waals surface area contributed by atoms with Gasteiger partial charge in [0.05, 0.1) is 6.54 Å². The highest BCUT2D eigenvalue weighted by Gasteiger charge is 2.22. The van der Waals surface area contributed by atoms with E-state index in [1.165, 1.54) is 4.90 Å². The van der Waals surface area contributed by atoms with Gasteiger partial charge in [0.25, 0.3) is 0 Å². The SMILES string of the molecule is C=C(Br)CN1CCC(=O)NC1=O. The molecule has 0 bridgehead atoms. The second-order valence-electron chi connectivity index (χ2n) is 2.54. The first-order chi connectivity index (χ1) is 5.59. The van der Waals surface area contributed by atoms with Crippen molar-refractivity contribution in [3.05, 3.63) is 11.1 Å². The van der Waals surface area contributed by atoms with Gasteiger partial charge in [-0.3, -0.25) is 10.1 Å². The van der Waals surface area contributed by atoms with Crippen molar-refractivity contribution in [2.45, 2.75) is 6.42 Å². The summed E-state index contributed by atoms with van der Waals surface area (Å²) in [5, 5.41) is 2.22. The van der Waals surface area contributed by atoms with E-state index >= 15 is 0 Å². The van der Waals surface area contributed by atoms with Gasteiger partial charge in [-0.15, -0.1) is 0 Å². The summed E-state index contributed by atoms with van der Waals surface area (Å²) in [4.78, 5) is 23.3. The molecule has 66 valence electrons. The molecule has 0 aliphatic carbocycles. The Bertz CT molecular complexity index is 240. The van der Waals surface area contributed by atoms with Crippen molar-refractivity contribution < 1.29 is 9.59 Å². The predicted octanol–water partition coefficient (Wildman–Crippen LogP) is 0.837. The zero-order valence-corrected chi connectivity index (χ0v) is 8.06. The molecule has 1 N–H and O–H groups in total. The van der Waals surface area contributed by atoms with Crippen molar-refractivity contribution in [2.75, 3.05) is 13.1 Å². The third kappa shape index (κ3) is 2.34. The van der Waals surface area contributed by atoms with Crippen LogP contribution in [0.1, 0.15) is 6.42 Å². The molecular weight excluding hydrogens is 224 g/mol. The average molecular weight is 233 g/mol. The molecule has 1 heterocycles. The second-order valence-corrected chi connectivity index (χ2v) is 3.66. The van der Waals surface area contributed by atoms with E-state index < -0.39 is 0 Å². The highest BCUT2D eigenvalue weighted by molar-refractivity contribution is 9.11. The first-order valence-corrected chi connectivity index (χ1v) is 4.31. The summed E-state index contributed by atoms with van der Waals surface area (Å²) in [5.74, 6) is -0.212. The van der Waals surface area contributed by atoms with Crippen molar-refractivity contribution in [1.29, 1.82) is 0 Å². The van der Waals surface area contributed by atoms with Crippen LogP contribution in [0.5, 0.6) is 0 Å². The molecular formula is C7H9BrN2O2. The Morgan fingerprint density at radius 2 is 2.33 bits per heavy atom. The van der Waals surface area contributed by atoms with Gasteiger partial charge in [0.2, 0.25) is 5.91 Å². The maximum Gasteiger partial charge on any atom is 0.324 e. The van der Waals surface area contributed by atoms with Crippen LogP contribution in [0.25, 0.3) is 0 Å². The van der Waals surface area contributed by atoms with Crippen molar-refractivity contribution in [3.63, 3.8) is 0 Å². The molecule has 0 spiro atoms. The molecule has 1 aliphatic heterocycles. The van der Waals surface area contributed by atoms with Gasteiger partial charge in [-0.1, -0.05) is 22.5 Å². The first kappa shape index (κ1) is 9.25. The Kier molecular flexibility index (Phi) is 2.86. The highest BCUT2D eigenvalue weighted by Crippen LogP contribution is 2.07. The van der Waals surface area contributed by atoms with Gasteiger partial charge in [0.15, 0.2) is 0 Å². The number of hydrogen-bond acceptors (Lipinski definition) is 2. The van der Waals surface area contributed by atoms with Crippen LogP contribution in [-0.2, 0) is 4.79 Å². The molecule has 1 aliphatic rings. The normalized spacial score (nSPS) is 17.6. The van der Waals surface area contributed by atoms with Crippen molar-refractivity contribution in [3.8, 4) is 0 Å². The largest absolute Gasteiger partial charge is 0.324 e. The minimum atomic E-state index is -0.341. The van der Waals surface area contributed by atoms with Gasteiger partial charge >= 0.3 is 6.03 Å². The number of urea groups is 1. The average Bonchev–Trinajstić information content (AvgIpc) is 1.94. The molecule has 1 rings (SSSR count). The number of nitrogens with zero attached hydrogens (tertiary/aromatic N) is 1. The molecule has 5 heteroatoms. The summed E-state index contributed by atoms with van der Waals surface area (Å²) in [5.41, 5.74) is 0. The van der Waals surface area contributed by atoms with Crippen LogP contribution in [0.2, 0.25) is 0 Å². The number of rotatable bonds is 2. The molecule has 0 unspecified atom stereocenters. The van der Waals surface area contributed by atoms with Crippen LogP contribution in [0.15, 0.2) is 11.1 Å². The van der Waals surface area contributed by atoms with E-state index in [2.05, 4.69) is 27.8 Å². The summed E-state index contributed by atoms with van der Waals surface area (Å²) in [6.45, 7) is 4.52. The van der Waals surface area contributed by atoms with Crippen molar-refractivity contribution in [1.82, 2.24) is 10.2 Å².